The summed E-state index contributed by atoms with van der Waals surface area (Å²) in [4.78, 5) is 0. The Bertz CT molecular complexity index is 398. The van der Waals surface area contributed by atoms with Crippen LogP contribution in [0.1, 0.15) is 11.1 Å². The highest BCUT2D eigenvalue weighted by atomic mass is 16.3. The molecule has 80 valence electrons. The Balaban J connectivity index is 3.02. The van der Waals surface area contributed by atoms with Crippen LogP contribution in [0.2, 0.25) is 0 Å². The van der Waals surface area contributed by atoms with Crippen LogP contribution in [0, 0.1) is 11.3 Å². The van der Waals surface area contributed by atoms with E-state index in [0.29, 0.717) is 11.3 Å². The third kappa shape index (κ3) is 2.59. The molecule has 6 N–H and O–H groups in total. The molecule has 0 heterocycles. The molecule has 0 amide bonds. The summed E-state index contributed by atoms with van der Waals surface area (Å²) in [6, 6.07) is 5.07. The van der Waals surface area contributed by atoms with Gasteiger partial charge in [0.15, 0.2) is 0 Å². The average Bonchev–Trinajstić information content (AvgIpc) is 2.22. The van der Waals surface area contributed by atoms with E-state index in [-0.39, 0.29) is 24.3 Å². The number of aliphatic hydroxyl groups is 2. The minimum absolute atomic E-state index is 0.246. The molecule has 0 saturated carbocycles. The highest BCUT2D eigenvalue weighted by Crippen LogP contribution is 2.22. The number of rotatable bonds is 3. The van der Waals surface area contributed by atoms with Crippen molar-refractivity contribution in [3.63, 3.8) is 0 Å². The minimum atomic E-state index is -0.848. The zero-order valence-electron chi connectivity index (χ0n) is 8.14. The lowest BCUT2D eigenvalue weighted by molar-refractivity contribution is 0.0955. The van der Waals surface area contributed by atoms with Crippen molar-refractivity contribution < 1.29 is 10.2 Å². The Morgan fingerprint density at radius 1 is 1.40 bits per heavy atom. The number of anilines is 2. The quantitative estimate of drug-likeness (QED) is 0.504. The van der Waals surface area contributed by atoms with Crippen LogP contribution >= 0.6 is 0 Å². The molecule has 0 bridgehead atoms. The van der Waals surface area contributed by atoms with Crippen LogP contribution in [-0.4, -0.2) is 22.9 Å². The first-order chi connectivity index (χ1) is 7.08. The summed E-state index contributed by atoms with van der Waals surface area (Å²) >= 11 is 0. The normalized spacial score (nSPS) is 12.1. The summed E-state index contributed by atoms with van der Waals surface area (Å²) in [7, 11) is 0. The second kappa shape index (κ2) is 4.64. The number of nitrogen functional groups attached to an aromatic ring is 2. The van der Waals surface area contributed by atoms with E-state index in [9.17, 15) is 5.11 Å². The van der Waals surface area contributed by atoms with E-state index < -0.39 is 6.10 Å². The van der Waals surface area contributed by atoms with Crippen LogP contribution < -0.4 is 11.5 Å². The van der Waals surface area contributed by atoms with Gasteiger partial charge in [0, 0.05) is 6.42 Å². The van der Waals surface area contributed by atoms with Gasteiger partial charge in [0.2, 0.25) is 0 Å². The number of nitriles is 1. The van der Waals surface area contributed by atoms with Crippen molar-refractivity contribution in [2.45, 2.75) is 12.5 Å². The zero-order valence-corrected chi connectivity index (χ0v) is 8.14. The van der Waals surface area contributed by atoms with E-state index in [1.807, 2.05) is 6.07 Å². The Hall–Kier alpha value is -1.77. The number of hydrogen-bond donors (Lipinski definition) is 4. The van der Waals surface area contributed by atoms with E-state index in [0.717, 1.165) is 0 Å². The highest BCUT2D eigenvalue weighted by molar-refractivity contribution is 5.71. The second-order valence-electron chi connectivity index (χ2n) is 3.30. The Labute approximate surface area is 87.6 Å². The third-order valence-corrected chi connectivity index (χ3v) is 2.07. The first-order valence-electron chi connectivity index (χ1n) is 4.45. The molecule has 1 atom stereocenters. The van der Waals surface area contributed by atoms with Crippen LogP contribution in [0.15, 0.2) is 12.1 Å². The third-order valence-electron chi connectivity index (χ3n) is 2.07. The second-order valence-corrected chi connectivity index (χ2v) is 3.30. The number of benzene rings is 1. The molecule has 1 aromatic rings. The molecule has 15 heavy (non-hydrogen) atoms. The lowest BCUT2D eigenvalue weighted by Crippen LogP contribution is -2.15. The van der Waals surface area contributed by atoms with Gasteiger partial charge >= 0.3 is 0 Å². The molecule has 0 aliphatic heterocycles. The number of nitrogens with zero attached hydrogens (tertiary/aromatic N) is 1. The van der Waals surface area contributed by atoms with Crippen molar-refractivity contribution >= 4 is 11.4 Å². The number of aliphatic hydroxyl groups excluding tert-OH is 2. The van der Waals surface area contributed by atoms with E-state index in [2.05, 4.69) is 0 Å². The molecule has 0 aliphatic carbocycles. The number of hydrogen-bond acceptors (Lipinski definition) is 5. The lowest BCUT2D eigenvalue weighted by atomic mass is 10.0. The lowest BCUT2D eigenvalue weighted by Gasteiger charge is -2.10. The molecule has 1 rings (SSSR count). The fraction of sp³-hybridized carbons (Fsp3) is 0.300. The highest BCUT2D eigenvalue weighted by Gasteiger charge is 2.09. The molecule has 0 fully saturated rings. The van der Waals surface area contributed by atoms with Crippen LogP contribution in [0.3, 0.4) is 0 Å². The Kier molecular flexibility index (Phi) is 3.50. The maximum atomic E-state index is 9.23. The summed E-state index contributed by atoms with van der Waals surface area (Å²) in [6.45, 7) is -0.327. The molecule has 0 aliphatic rings. The van der Waals surface area contributed by atoms with Crippen molar-refractivity contribution in [1.82, 2.24) is 0 Å². The SMILES string of the molecule is N#Cc1cc(CC(O)CO)cc(N)c1N. The Morgan fingerprint density at radius 2 is 2.07 bits per heavy atom. The predicted octanol–water partition coefficient (Wildman–Crippen LogP) is -0.382. The first-order valence-corrected chi connectivity index (χ1v) is 4.45. The van der Waals surface area contributed by atoms with Crippen molar-refractivity contribution in [1.29, 1.82) is 5.26 Å². The fourth-order valence-electron chi connectivity index (χ4n) is 1.28. The van der Waals surface area contributed by atoms with Crippen molar-refractivity contribution in [3.05, 3.63) is 23.3 Å². The van der Waals surface area contributed by atoms with Crippen LogP contribution in [-0.2, 0) is 6.42 Å². The van der Waals surface area contributed by atoms with E-state index >= 15 is 0 Å². The average molecular weight is 207 g/mol. The molecular weight excluding hydrogens is 194 g/mol. The largest absolute Gasteiger partial charge is 0.397 e. The van der Waals surface area contributed by atoms with Crippen LogP contribution in [0.25, 0.3) is 0 Å². The fourth-order valence-corrected chi connectivity index (χ4v) is 1.28. The van der Waals surface area contributed by atoms with Gasteiger partial charge in [-0.2, -0.15) is 5.26 Å². The van der Waals surface area contributed by atoms with Crippen molar-refractivity contribution in [3.8, 4) is 6.07 Å². The van der Waals surface area contributed by atoms with Gasteiger partial charge in [-0.1, -0.05) is 0 Å². The van der Waals surface area contributed by atoms with Crippen LogP contribution in [0.4, 0.5) is 11.4 Å². The minimum Gasteiger partial charge on any atom is -0.397 e. The van der Waals surface area contributed by atoms with E-state index in [1.165, 1.54) is 0 Å². The maximum Gasteiger partial charge on any atom is 0.101 e. The molecule has 0 aromatic heterocycles. The molecule has 0 radical (unpaired) electrons. The maximum absolute atomic E-state index is 9.23. The van der Waals surface area contributed by atoms with Gasteiger partial charge in [0.1, 0.15) is 6.07 Å². The topological polar surface area (TPSA) is 116 Å². The van der Waals surface area contributed by atoms with E-state index in [1.54, 1.807) is 12.1 Å². The van der Waals surface area contributed by atoms with Crippen molar-refractivity contribution in [2.24, 2.45) is 0 Å². The van der Waals surface area contributed by atoms with Crippen LogP contribution in [0.5, 0.6) is 0 Å². The standard InChI is InChI=1S/C10H13N3O2/c11-4-7-1-6(2-8(15)5-14)3-9(12)10(7)13/h1,3,8,14-15H,2,5,12-13H2. The summed E-state index contributed by atoms with van der Waals surface area (Å²) in [5.74, 6) is 0. The first kappa shape index (κ1) is 11.3. The Morgan fingerprint density at radius 3 is 2.60 bits per heavy atom. The van der Waals surface area contributed by atoms with Gasteiger partial charge in [-0.15, -0.1) is 0 Å². The summed E-state index contributed by atoms with van der Waals surface area (Å²) in [6.07, 6.45) is -0.602. The zero-order chi connectivity index (χ0) is 11.4. The van der Waals surface area contributed by atoms with Gasteiger partial charge < -0.3 is 21.7 Å². The molecule has 1 unspecified atom stereocenters. The van der Waals surface area contributed by atoms with E-state index in [4.69, 9.17) is 21.8 Å². The van der Waals surface area contributed by atoms with Crippen molar-refractivity contribution in [2.75, 3.05) is 18.1 Å². The molecule has 1 aromatic carbocycles. The van der Waals surface area contributed by atoms with Gasteiger partial charge in [0.05, 0.1) is 29.6 Å². The van der Waals surface area contributed by atoms with Gasteiger partial charge in [0.25, 0.3) is 0 Å². The molecular formula is C10H13N3O2. The molecule has 0 spiro atoms. The molecule has 5 heteroatoms. The van der Waals surface area contributed by atoms with Gasteiger partial charge in [-0.25, -0.2) is 0 Å². The summed E-state index contributed by atoms with van der Waals surface area (Å²) in [5, 5.41) is 26.7. The smallest absolute Gasteiger partial charge is 0.101 e. The molecule has 5 nitrogen and oxygen atoms in total. The predicted molar refractivity (Wildman–Crippen MR) is 56.8 cm³/mol. The number of nitrogens with two attached hydrogens (primary N) is 2. The molecule has 0 saturated heterocycles. The summed E-state index contributed by atoms with van der Waals surface area (Å²) < 4.78 is 0. The van der Waals surface area contributed by atoms with Gasteiger partial charge in [-0.3, -0.25) is 0 Å². The monoisotopic (exact) mass is 207 g/mol. The van der Waals surface area contributed by atoms with Gasteiger partial charge in [-0.05, 0) is 17.7 Å². The summed E-state index contributed by atoms with van der Waals surface area (Å²) in [5.41, 5.74) is 12.7.